The van der Waals surface area contributed by atoms with Gasteiger partial charge in [-0.1, -0.05) is 21.3 Å². The van der Waals surface area contributed by atoms with Gasteiger partial charge in [-0.2, -0.15) is 0 Å². The summed E-state index contributed by atoms with van der Waals surface area (Å²) in [5.41, 5.74) is 0. The van der Waals surface area contributed by atoms with Crippen molar-refractivity contribution in [2.45, 2.75) is 34.1 Å². The van der Waals surface area contributed by atoms with Crippen molar-refractivity contribution in [1.82, 2.24) is 0 Å². The highest BCUT2D eigenvalue weighted by Crippen LogP contribution is 1.70. The Morgan fingerprint density at radius 3 is 1.60 bits per heavy atom. The number of aliphatic hydroxyl groups excluding tert-OH is 1. The molecule has 2 nitrogen and oxygen atoms in total. The summed E-state index contributed by atoms with van der Waals surface area (Å²) in [5, 5.41) is 7.88. The van der Waals surface area contributed by atoms with E-state index in [0.717, 1.165) is 19.4 Å². The summed E-state index contributed by atoms with van der Waals surface area (Å²) in [6.45, 7) is 5.23. The first-order valence-electron chi connectivity index (χ1n) is 3.43. The van der Waals surface area contributed by atoms with Crippen molar-refractivity contribution >= 4 is 0 Å². The molecule has 0 aliphatic carbocycles. The number of aliphatic hydroxyl groups is 1. The van der Waals surface area contributed by atoms with Gasteiger partial charge in [0.2, 0.25) is 0 Å². The Morgan fingerprint density at radius 2 is 1.60 bits per heavy atom. The molecule has 2 heteroatoms. The lowest BCUT2D eigenvalue weighted by Gasteiger charge is -1.84. The van der Waals surface area contributed by atoms with Crippen molar-refractivity contribution < 1.29 is 9.84 Å². The van der Waals surface area contributed by atoms with E-state index in [1.165, 1.54) is 0 Å². The van der Waals surface area contributed by atoms with Crippen molar-refractivity contribution in [2.75, 3.05) is 20.3 Å². The van der Waals surface area contributed by atoms with Crippen molar-refractivity contribution in [3.63, 3.8) is 0 Å². The van der Waals surface area contributed by atoms with Gasteiger partial charge in [-0.25, -0.2) is 0 Å². The fraction of sp³-hybridized carbons (Fsp3) is 1.00. The van der Waals surface area contributed by atoms with Crippen LogP contribution in [0.2, 0.25) is 0 Å². The summed E-state index contributed by atoms with van der Waals surface area (Å²) in [6, 6.07) is 0. The molecule has 0 spiro atoms. The zero-order valence-electron chi connectivity index (χ0n) is 6.68. The van der Waals surface area contributed by atoms with Crippen molar-refractivity contribution in [1.29, 1.82) is 0 Å². The Morgan fingerprint density at radius 1 is 1.20 bits per heavy atom. The van der Waals surface area contributed by atoms with E-state index in [4.69, 9.17) is 9.84 Å². The molecule has 0 aliphatic heterocycles. The molecule has 0 aromatic heterocycles. The molecular weight excluding hydrogens is 128 g/mol. The van der Waals surface area contributed by atoms with Gasteiger partial charge in [0.1, 0.15) is 0 Å². The van der Waals surface area contributed by atoms with Crippen LogP contribution < -0.4 is 0 Å². The summed E-state index contributed by atoms with van der Waals surface area (Å²) in [6.07, 6.45) is 2.00. The molecule has 0 saturated heterocycles. The first kappa shape index (κ1) is 16.5. The van der Waals surface area contributed by atoms with Crippen LogP contribution in [0.5, 0.6) is 0 Å². The van der Waals surface area contributed by atoms with Crippen LogP contribution in [-0.2, 0) is 4.74 Å². The lowest BCUT2D eigenvalue weighted by atomic mass is 10.5. The lowest BCUT2D eigenvalue weighted by Crippen LogP contribution is -1.80. The minimum atomic E-state index is 0. The number of hydrogen-bond donors (Lipinski definition) is 1. The van der Waals surface area contributed by atoms with E-state index < -0.39 is 0 Å². The fourth-order valence-corrected chi connectivity index (χ4v) is 0.204. The monoisotopic (exact) mass is 150 g/mol. The first-order chi connectivity index (χ1) is 4.33. The van der Waals surface area contributed by atoms with Gasteiger partial charge >= 0.3 is 0 Å². The standard InChI is InChI=1S/C4H10O.C3H8O.CH4/c1-3-4-5-2;1-2-3-4;/h3-4H2,1-2H3;4H,2-3H2,1H3;1H4. The van der Waals surface area contributed by atoms with Crippen LogP contribution in [0, 0.1) is 0 Å². The molecule has 0 fully saturated rings. The predicted molar refractivity (Wildman–Crippen MR) is 46.3 cm³/mol. The Balaban J connectivity index is -0.0000000910. The second-order valence-electron chi connectivity index (χ2n) is 1.72. The molecule has 0 saturated carbocycles. The third-order valence-electron chi connectivity index (χ3n) is 0.632. The van der Waals surface area contributed by atoms with Crippen LogP contribution in [-0.4, -0.2) is 25.4 Å². The lowest BCUT2D eigenvalue weighted by molar-refractivity contribution is 0.199. The Bertz CT molecular complexity index is 26.4. The molecule has 0 atom stereocenters. The van der Waals surface area contributed by atoms with Crippen molar-refractivity contribution in [3.05, 3.63) is 0 Å². The quantitative estimate of drug-likeness (QED) is 0.667. The maximum absolute atomic E-state index is 7.88. The third-order valence-corrected chi connectivity index (χ3v) is 0.632. The van der Waals surface area contributed by atoms with Crippen LogP contribution in [0.1, 0.15) is 34.1 Å². The van der Waals surface area contributed by atoms with E-state index in [2.05, 4.69) is 6.92 Å². The van der Waals surface area contributed by atoms with E-state index >= 15 is 0 Å². The maximum atomic E-state index is 7.88. The van der Waals surface area contributed by atoms with Crippen LogP contribution >= 0.6 is 0 Å². The van der Waals surface area contributed by atoms with E-state index in [1.54, 1.807) is 7.11 Å². The number of rotatable bonds is 3. The smallest absolute Gasteiger partial charge is 0.0459 e. The Labute approximate surface area is 65.2 Å². The largest absolute Gasteiger partial charge is 0.396 e. The zero-order valence-corrected chi connectivity index (χ0v) is 6.68. The number of methoxy groups -OCH3 is 1. The van der Waals surface area contributed by atoms with Crippen molar-refractivity contribution in [2.24, 2.45) is 0 Å². The maximum Gasteiger partial charge on any atom is 0.0459 e. The molecule has 10 heavy (non-hydrogen) atoms. The summed E-state index contributed by atoms with van der Waals surface area (Å²) in [7, 11) is 1.71. The molecule has 0 unspecified atom stereocenters. The molecule has 0 bridgehead atoms. The molecule has 0 aromatic carbocycles. The molecule has 66 valence electrons. The van der Waals surface area contributed by atoms with Crippen LogP contribution in [0.4, 0.5) is 0 Å². The average molecular weight is 150 g/mol. The Hall–Kier alpha value is -0.0800. The van der Waals surface area contributed by atoms with E-state index in [0.29, 0.717) is 6.61 Å². The topological polar surface area (TPSA) is 29.5 Å². The van der Waals surface area contributed by atoms with E-state index in [-0.39, 0.29) is 7.43 Å². The molecular formula is C8H22O2. The molecule has 0 heterocycles. The summed E-state index contributed by atoms with van der Waals surface area (Å²) in [5.74, 6) is 0. The highest BCUT2D eigenvalue weighted by Gasteiger charge is 1.66. The summed E-state index contributed by atoms with van der Waals surface area (Å²) < 4.78 is 4.69. The highest BCUT2D eigenvalue weighted by atomic mass is 16.5. The summed E-state index contributed by atoms with van der Waals surface area (Å²) >= 11 is 0. The summed E-state index contributed by atoms with van der Waals surface area (Å²) in [4.78, 5) is 0. The van der Waals surface area contributed by atoms with Gasteiger partial charge in [0, 0.05) is 20.3 Å². The van der Waals surface area contributed by atoms with Crippen LogP contribution in [0.15, 0.2) is 0 Å². The highest BCUT2D eigenvalue weighted by molar-refractivity contribution is 4.15. The first-order valence-corrected chi connectivity index (χ1v) is 3.43. The SMILES string of the molecule is C.CCCO.CCCOC. The average Bonchev–Trinajstić information content (AvgIpc) is 1.91. The molecule has 0 aliphatic rings. The Kier molecular flexibility index (Phi) is 38.1. The molecule has 0 radical (unpaired) electrons. The van der Waals surface area contributed by atoms with Gasteiger partial charge in [0.25, 0.3) is 0 Å². The van der Waals surface area contributed by atoms with Crippen LogP contribution in [0.3, 0.4) is 0 Å². The van der Waals surface area contributed by atoms with Gasteiger partial charge < -0.3 is 9.84 Å². The van der Waals surface area contributed by atoms with Gasteiger partial charge in [-0.15, -0.1) is 0 Å². The minimum absolute atomic E-state index is 0. The molecule has 0 amide bonds. The molecule has 0 aromatic rings. The molecule has 0 rings (SSSR count). The number of hydrogen-bond acceptors (Lipinski definition) is 2. The number of ether oxygens (including phenoxy) is 1. The third kappa shape index (κ3) is 44.5. The van der Waals surface area contributed by atoms with Gasteiger partial charge in [-0.05, 0) is 12.8 Å². The predicted octanol–water partition coefficient (Wildman–Crippen LogP) is 2.07. The second kappa shape index (κ2) is 23.1. The fourth-order valence-electron chi connectivity index (χ4n) is 0.204. The van der Waals surface area contributed by atoms with Gasteiger partial charge in [0.05, 0.1) is 0 Å². The van der Waals surface area contributed by atoms with E-state index in [1.807, 2.05) is 6.92 Å². The second-order valence-corrected chi connectivity index (χ2v) is 1.72. The minimum Gasteiger partial charge on any atom is -0.396 e. The normalized spacial score (nSPS) is 7.20. The van der Waals surface area contributed by atoms with Crippen molar-refractivity contribution in [3.8, 4) is 0 Å². The zero-order chi connectivity index (χ0) is 7.54. The van der Waals surface area contributed by atoms with Gasteiger partial charge in [-0.3, -0.25) is 0 Å². The molecule has 1 N–H and O–H groups in total. The van der Waals surface area contributed by atoms with Crippen LogP contribution in [0.25, 0.3) is 0 Å². The van der Waals surface area contributed by atoms with E-state index in [9.17, 15) is 0 Å². The van der Waals surface area contributed by atoms with Gasteiger partial charge in [0.15, 0.2) is 0 Å².